The minimum atomic E-state index is -0.300. The molecule has 1 aromatic heterocycles. The highest BCUT2D eigenvalue weighted by molar-refractivity contribution is 8.18. The first kappa shape index (κ1) is 24.7. The van der Waals surface area contributed by atoms with Crippen molar-refractivity contribution in [1.29, 1.82) is 0 Å². The lowest BCUT2D eigenvalue weighted by Gasteiger charge is -2.17. The maximum Gasteiger partial charge on any atom is 0.293 e. The summed E-state index contributed by atoms with van der Waals surface area (Å²) in [5, 5.41) is 9.30. The van der Waals surface area contributed by atoms with Crippen molar-refractivity contribution < 1.29 is 19.4 Å². The molecule has 2 amide bonds. The van der Waals surface area contributed by atoms with Gasteiger partial charge in [-0.1, -0.05) is 26.0 Å². The van der Waals surface area contributed by atoms with Crippen molar-refractivity contribution in [3.05, 3.63) is 81.5 Å². The van der Waals surface area contributed by atoms with Gasteiger partial charge in [0.05, 0.1) is 11.4 Å². The number of hydrogen-bond acceptors (Lipinski definition) is 5. The standard InChI is InChI=1S/C28H30N2O4S/c1-17(2)24-11-6-18(3)14-25(24)34-13-12-29-27(32)26(35-28(29)33)16-21-15-19(4)30(20(21)5)22-7-9-23(31)10-8-22/h6-11,14-17,31H,12-13H2,1-5H3/b26-16-. The molecule has 0 unspecified atom stereocenters. The van der Waals surface area contributed by atoms with E-state index in [-0.39, 0.29) is 30.0 Å². The minimum Gasteiger partial charge on any atom is -0.508 e. The normalized spacial score (nSPS) is 15.0. The van der Waals surface area contributed by atoms with Crippen LogP contribution >= 0.6 is 11.8 Å². The number of imide groups is 1. The minimum absolute atomic E-state index is 0.194. The van der Waals surface area contributed by atoms with Crippen molar-refractivity contribution in [2.75, 3.05) is 13.2 Å². The van der Waals surface area contributed by atoms with E-state index in [1.54, 1.807) is 18.2 Å². The molecule has 1 saturated heterocycles. The average Bonchev–Trinajstić information content (AvgIpc) is 3.23. The van der Waals surface area contributed by atoms with Crippen LogP contribution in [0.15, 0.2) is 53.4 Å². The molecule has 3 aromatic rings. The van der Waals surface area contributed by atoms with Gasteiger partial charge in [0, 0.05) is 17.1 Å². The van der Waals surface area contributed by atoms with Crippen LogP contribution < -0.4 is 4.74 Å². The number of rotatable bonds is 7. The van der Waals surface area contributed by atoms with Gasteiger partial charge in [0.15, 0.2) is 0 Å². The van der Waals surface area contributed by atoms with E-state index >= 15 is 0 Å². The number of phenolic OH excluding ortho intramolecular Hbond substituents is 1. The number of benzene rings is 2. The number of amides is 2. The van der Waals surface area contributed by atoms with Gasteiger partial charge in [-0.05, 0) is 97.6 Å². The SMILES string of the molecule is Cc1ccc(C(C)C)c(OCCN2C(=O)S/C(=C\c3cc(C)n(-c4ccc(O)cc4)c3C)C2=O)c1. The number of hydrogen-bond donors (Lipinski definition) is 1. The van der Waals surface area contributed by atoms with Crippen molar-refractivity contribution >= 4 is 29.0 Å². The van der Waals surface area contributed by atoms with E-state index < -0.39 is 0 Å². The van der Waals surface area contributed by atoms with Gasteiger partial charge < -0.3 is 14.4 Å². The Morgan fingerprint density at radius 3 is 2.43 bits per heavy atom. The molecule has 2 aromatic carbocycles. The molecule has 1 fully saturated rings. The molecule has 2 heterocycles. The zero-order chi connectivity index (χ0) is 25.3. The van der Waals surface area contributed by atoms with E-state index in [1.165, 1.54) is 4.90 Å². The van der Waals surface area contributed by atoms with Gasteiger partial charge in [0.2, 0.25) is 0 Å². The van der Waals surface area contributed by atoms with Crippen LogP contribution in [0.1, 0.15) is 47.8 Å². The van der Waals surface area contributed by atoms with Crippen molar-refractivity contribution in [3.8, 4) is 17.2 Å². The molecule has 1 aliphatic rings. The molecule has 0 spiro atoms. The second-order valence-corrected chi connectivity index (χ2v) is 10.0. The fourth-order valence-corrected chi connectivity index (χ4v) is 5.11. The quantitative estimate of drug-likeness (QED) is 0.391. The Bertz CT molecular complexity index is 1310. The van der Waals surface area contributed by atoms with Gasteiger partial charge in [-0.2, -0.15) is 0 Å². The van der Waals surface area contributed by atoms with Crippen LogP contribution in [0.25, 0.3) is 11.8 Å². The highest BCUT2D eigenvalue weighted by Gasteiger charge is 2.35. The molecule has 0 radical (unpaired) electrons. The third kappa shape index (κ3) is 5.15. The van der Waals surface area contributed by atoms with E-state index in [9.17, 15) is 14.7 Å². The maximum absolute atomic E-state index is 13.0. The van der Waals surface area contributed by atoms with Gasteiger partial charge in [-0.3, -0.25) is 14.5 Å². The van der Waals surface area contributed by atoms with E-state index in [4.69, 9.17) is 4.74 Å². The molecule has 7 heteroatoms. The van der Waals surface area contributed by atoms with Gasteiger partial charge >= 0.3 is 0 Å². The summed E-state index contributed by atoms with van der Waals surface area (Å²) >= 11 is 0.956. The number of aromatic hydroxyl groups is 1. The van der Waals surface area contributed by atoms with Gasteiger partial charge in [0.1, 0.15) is 18.1 Å². The molecule has 0 bridgehead atoms. The Kier molecular flexibility index (Phi) is 7.08. The van der Waals surface area contributed by atoms with Crippen LogP contribution in [0.2, 0.25) is 0 Å². The Morgan fingerprint density at radius 2 is 1.74 bits per heavy atom. The summed E-state index contributed by atoms with van der Waals surface area (Å²) in [6.45, 7) is 10.6. The number of thioether (sulfide) groups is 1. The molecule has 6 nitrogen and oxygen atoms in total. The predicted molar refractivity (Wildman–Crippen MR) is 140 cm³/mol. The number of aromatic nitrogens is 1. The number of carbonyl (C=O) groups is 2. The zero-order valence-electron chi connectivity index (χ0n) is 20.7. The maximum atomic E-state index is 13.0. The second kappa shape index (κ2) is 10.0. The smallest absolute Gasteiger partial charge is 0.293 e. The van der Waals surface area contributed by atoms with E-state index in [1.807, 2.05) is 45.0 Å². The van der Waals surface area contributed by atoms with Gasteiger partial charge in [0.25, 0.3) is 11.1 Å². The Balaban J connectivity index is 1.49. The average molecular weight is 491 g/mol. The summed E-state index contributed by atoms with van der Waals surface area (Å²) in [4.78, 5) is 27.3. The fourth-order valence-electron chi connectivity index (χ4n) is 4.26. The summed E-state index contributed by atoms with van der Waals surface area (Å²) < 4.78 is 8.04. The number of aryl methyl sites for hydroxylation is 2. The molecule has 1 N–H and O–H groups in total. The first-order chi connectivity index (χ1) is 16.7. The van der Waals surface area contributed by atoms with Crippen molar-refractivity contribution in [2.45, 2.75) is 40.5 Å². The van der Waals surface area contributed by atoms with Crippen LogP contribution in [0.3, 0.4) is 0 Å². The highest BCUT2D eigenvalue weighted by Crippen LogP contribution is 2.34. The Hall–Kier alpha value is -3.45. The monoisotopic (exact) mass is 490 g/mol. The van der Waals surface area contributed by atoms with Crippen molar-refractivity contribution in [1.82, 2.24) is 9.47 Å². The molecule has 0 atom stereocenters. The molecular weight excluding hydrogens is 460 g/mol. The lowest BCUT2D eigenvalue weighted by molar-refractivity contribution is -0.123. The number of ether oxygens (including phenoxy) is 1. The van der Waals surface area contributed by atoms with Gasteiger partial charge in [-0.15, -0.1) is 0 Å². The molecule has 0 saturated carbocycles. The summed E-state index contributed by atoms with van der Waals surface area (Å²) in [7, 11) is 0. The summed E-state index contributed by atoms with van der Waals surface area (Å²) in [5.74, 6) is 1.01. The van der Waals surface area contributed by atoms with Crippen molar-refractivity contribution in [3.63, 3.8) is 0 Å². The summed E-state index contributed by atoms with van der Waals surface area (Å²) in [6, 6.07) is 15.1. The molecular formula is C28H30N2O4S. The molecule has 182 valence electrons. The van der Waals surface area contributed by atoms with E-state index in [0.29, 0.717) is 10.8 Å². The van der Waals surface area contributed by atoms with E-state index in [2.05, 4.69) is 30.5 Å². The molecule has 1 aliphatic heterocycles. The first-order valence-corrected chi connectivity index (χ1v) is 12.4. The predicted octanol–water partition coefficient (Wildman–Crippen LogP) is 6.35. The second-order valence-electron chi connectivity index (χ2n) is 9.06. The largest absolute Gasteiger partial charge is 0.508 e. The van der Waals surface area contributed by atoms with Crippen LogP contribution in [0.5, 0.6) is 11.5 Å². The Labute approximate surface area is 210 Å². The van der Waals surface area contributed by atoms with Crippen LogP contribution in [-0.2, 0) is 4.79 Å². The van der Waals surface area contributed by atoms with Crippen molar-refractivity contribution in [2.24, 2.45) is 0 Å². The van der Waals surface area contributed by atoms with Crippen LogP contribution in [-0.4, -0.2) is 38.9 Å². The lowest BCUT2D eigenvalue weighted by Crippen LogP contribution is -2.32. The fraction of sp³-hybridized carbons (Fsp3) is 0.286. The third-order valence-electron chi connectivity index (χ3n) is 6.10. The topological polar surface area (TPSA) is 71.8 Å². The van der Waals surface area contributed by atoms with Gasteiger partial charge in [-0.25, -0.2) is 0 Å². The van der Waals surface area contributed by atoms with E-state index in [0.717, 1.165) is 51.3 Å². The summed E-state index contributed by atoms with van der Waals surface area (Å²) in [5.41, 5.74) is 5.94. The number of phenols is 1. The zero-order valence-corrected chi connectivity index (χ0v) is 21.5. The molecule has 0 aliphatic carbocycles. The summed E-state index contributed by atoms with van der Waals surface area (Å²) in [6.07, 6.45) is 1.78. The molecule has 4 rings (SSSR count). The van der Waals surface area contributed by atoms with Crippen LogP contribution in [0, 0.1) is 20.8 Å². The third-order valence-corrected chi connectivity index (χ3v) is 7.01. The van der Waals surface area contributed by atoms with Crippen LogP contribution in [0.4, 0.5) is 4.79 Å². The first-order valence-electron chi connectivity index (χ1n) is 11.6. The highest BCUT2D eigenvalue weighted by atomic mass is 32.2. The number of carbonyl (C=O) groups excluding carboxylic acids is 2. The Morgan fingerprint density at radius 1 is 1.03 bits per heavy atom. The number of nitrogens with zero attached hydrogens (tertiary/aromatic N) is 2. The molecule has 35 heavy (non-hydrogen) atoms. The lowest BCUT2D eigenvalue weighted by atomic mass is 10.0.